The molecule has 0 heterocycles. The van der Waals surface area contributed by atoms with Crippen LogP contribution < -0.4 is 5.32 Å². The third-order valence-corrected chi connectivity index (χ3v) is 3.20. The molecule has 1 atom stereocenters. The molecule has 1 unspecified atom stereocenters. The maximum Gasteiger partial charge on any atom is 0.320 e. The number of ether oxygens (including phenoxy) is 1. The summed E-state index contributed by atoms with van der Waals surface area (Å²) in [4.78, 5) is 13.2. The van der Waals surface area contributed by atoms with E-state index in [2.05, 4.69) is 44.7 Å². The lowest BCUT2D eigenvalue weighted by Gasteiger charge is -2.17. The van der Waals surface area contributed by atoms with Gasteiger partial charge in [0.2, 0.25) is 0 Å². The molecule has 0 amide bonds. The summed E-state index contributed by atoms with van der Waals surface area (Å²) in [5, 5.41) is 3.23. The summed E-state index contributed by atoms with van der Waals surface area (Å²) in [6.07, 6.45) is 1.10. The standard InChI is InChI=1S/C11H23BrN2O2/c1-4-14(5-2)8-6-7-13-9-10(12)11(15)16-3/h10,13H,4-9H2,1-3H3. The SMILES string of the molecule is CCN(CC)CCCNCC(Br)C(=O)OC. The van der Waals surface area contributed by atoms with E-state index < -0.39 is 0 Å². The average molecular weight is 295 g/mol. The first-order valence-corrected chi connectivity index (χ1v) is 6.72. The molecule has 0 aromatic carbocycles. The molecule has 0 rings (SSSR count). The normalized spacial score (nSPS) is 12.8. The number of esters is 1. The van der Waals surface area contributed by atoms with Gasteiger partial charge in [0.05, 0.1) is 7.11 Å². The van der Waals surface area contributed by atoms with Gasteiger partial charge in [-0.25, -0.2) is 0 Å². The first-order chi connectivity index (χ1) is 7.65. The minimum atomic E-state index is -0.244. The van der Waals surface area contributed by atoms with Crippen molar-refractivity contribution in [3.05, 3.63) is 0 Å². The fraction of sp³-hybridized carbons (Fsp3) is 0.909. The molecule has 4 nitrogen and oxygen atoms in total. The van der Waals surface area contributed by atoms with Crippen LogP contribution in [0.5, 0.6) is 0 Å². The van der Waals surface area contributed by atoms with Gasteiger partial charge in [0.1, 0.15) is 4.83 Å². The van der Waals surface area contributed by atoms with Gasteiger partial charge >= 0.3 is 5.97 Å². The Balaban J connectivity index is 3.42. The van der Waals surface area contributed by atoms with E-state index in [1.807, 2.05) is 0 Å². The molecule has 0 saturated carbocycles. The Kier molecular flexibility index (Phi) is 9.97. The van der Waals surface area contributed by atoms with Crippen molar-refractivity contribution < 1.29 is 9.53 Å². The predicted octanol–water partition coefficient (Wildman–Crippen LogP) is 1.24. The first kappa shape index (κ1) is 15.9. The molecular weight excluding hydrogens is 272 g/mol. The molecular formula is C11H23BrN2O2. The van der Waals surface area contributed by atoms with Crippen molar-refractivity contribution in [1.29, 1.82) is 0 Å². The second-order valence-electron chi connectivity index (χ2n) is 3.58. The van der Waals surface area contributed by atoms with E-state index in [1.54, 1.807) is 0 Å². The van der Waals surface area contributed by atoms with Crippen LogP contribution in [0, 0.1) is 0 Å². The Hall–Kier alpha value is -0.130. The fourth-order valence-electron chi connectivity index (χ4n) is 1.41. The summed E-state index contributed by atoms with van der Waals surface area (Å²) >= 11 is 3.26. The number of carbonyl (C=O) groups is 1. The summed E-state index contributed by atoms with van der Waals surface area (Å²) in [7, 11) is 1.40. The molecule has 96 valence electrons. The maximum atomic E-state index is 11.1. The minimum Gasteiger partial charge on any atom is -0.468 e. The van der Waals surface area contributed by atoms with Crippen molar-refractivity contribution in [2.24, 2.45) is 0 Å². The van der Waals surface area contributed by atoms with Crippen LogP contribution >= 0.6 is 15.9 Å². The molecule has 0 fully saturated rings. The van der Waals surface area contributed by atoms with E-state index in [4.69, 9.17) is 0 Å². The molecule has 0 aliphatic carbocycles. The van der Waals surface area contributed by atoms with Gasteiger partial charge in [-0.1, -0.05) is 29.8 Å². The van der Waals surface area contributed by atoms with E-state index in [0.29, 0.717) is 6.54 Å². The second kappa shape index (κ2) is 10.1. The number of nitrogens with zero attached hydrogens (tertiary/aromatic N) is 1. The van der Waals surface area contributed by atoms with E-state index in [0.717, 1.165) is 32.6 Å². The van der Waals surface area contributed by atoms with Crippen LogP contribution in [0.25, 0.3) is 0 Å². The Morgan fingerprint density at radius 2 is 2.06 bits per heavy atom. The third-order valence-electron chi connectivity index (χ3n) is 2.50. The highest BCUT2D eigenvalue weighted by Crippen LogP contribution is 1.99. The van der Waals surface area contributed by atoms with Crippen LogP contribution in [0.4, 0.5) is 0 Å². The first-order valence-electron chi connectivity index (χ1n) is 5.80. The van der Waals surface area contributed by atoms with Gasteiger partial charge in [-0.2, -0.15) is 0 Å². The molecule has 1 N–H and O–H groups in total. The maximum absolute atomic E-state index is 11.1. The molecule has 0 aromatic heterocycles. The summed E-state index contributed by atoms with van der Waals surface area (Å²) in [6, 6.07) is 0. The predicted molar refractivity (Wildman–Crippen MR) is 70.0 cm³/mol. The molecule has 0 aliphatic rings. The largest absolute Gasteiger partial charge is 0.468 e. The molecule has 0 bridgehead atoms. The van der Waals surface area contributed by atoms with Crippen molar-refractivity contribution in [2.75, 3.05) is 39.8 Å². The molecule has 5 heteroatoms. The number of hydrogen-bond donors (Lipinski definition) is 1. The topological polar surface area (TPSA) is 41.6 Å². The number of nitrogens with one attached hydrogen (secondary N) is 1. The minimum absolute atomic E-state index is 0.226. The Bertz CT molecular complexity index is 187. The number of carbonyl (C=O) groups excluding carboxylic acids is 1. The summed E-state index contributed by atoms with van der Waals surface area (Å²) < 4.78 is 4.61. The lowest BCUT2D eigenvalue weighted by atomic mass is 10.3. The van der Waals surface area contributed by atoms with E-state index in [9.17, 15) is 4.79 Å². The van der Waals surface area contributed by atoms with Gasteiger partial charge in [-0.3, -0.25) is 4.79 Å². The van der Waals surface area contributed by atoms with E-state index >= 15 is 0 Å². The highest BCUT2D eigenvalue weighted by Gasteiger charge is 2.13. The van der Waals surface area contributed by atoms with Crippen LogP contribution in [0.2, 0.25) is 0 Å². The van der Waals surface area contributed by atoms with Crippen molar-refractivity contribution in [3.63, 3.8) is 0 Å². The molecule has 0 radical (unpaired) electrons. The Morgan fingerprint density at radius 3 is 2.56 bits per heavy atom. The van der Waals surface area contributed by atoms with Gasteiger partial charge in [0, 0.05) is 6.54 Å². The average Bonchev–Trinajstić information content (AvgIpc) is 2.32. The number of halogens is 1. The highest BCUT2D eigenvalue weighted by atomic mass is 79.9. The van der Waals surface area contributed by atoms with Crippen molar-refractivity contribution >= 4 is 21.9 Å². The van der Waals surface area contributed by atoms with Crippen molar-refractivity contribution in [1.82, 2.24) is 10.2 Å². The zero-order chi connectivity index (χ0) is 12.4. The fourth-order valence-corrected chi connectivity index (χ4v) is 1.82. The van der Waals surface area contributed by atoms with Gasteiger partial charge in [-0.15, -0.1) is 0 Å². The Morgan fingerprint density at radius 1 is 1.44 bits per heavy atom. The van der Waals surface area contributed by atoms with Crippen LogP contribution in [0.3, 0.4) is 0 Å². The van der Waals surface area contributed by atoms with Crippen LogP contribution in [0.1, 0.15) is 20.3 Å². The lowest BCUT2D eigenvalue weighted by molar-refractivity contribution is -0.139. The molecule has 16 heavy (non-hydrogen) atoms. The van der Waals surface area contributed by atoms with Crippen LogP contribution in [-0.4, -0.2) is 55.5 Å². The van der Waals surface area contributed by atoms with Crippen molar-refractivity contribution in [3.8, 4) is 0 Å². The smallest absolute Gasteiger partial charge is 0.320 e. The Labute approximate surface area is 107 Å². The van der Waals surface area contributed by atoms with E-state index in [-0.39, 0.29) is 10.8 Å². The quantitative estimate of drug-likeness (QED) is 0.395. The summed E-state index contributed by atoms with van der Waals surface area (Å²) in [6.45, 7) is 9.18. The third kappa shape index (κ3) is 7.19. The van der Waals surface area contributed by atoms with Crippen LogP contribution in [0.15, 0.2) is 0 Å². The molecule has 0 aliphatic heterocycles. The lowest BCUT2D eigenvalue weighted by Crippen LogP contribution is -2.32. The van der Waals surface area contributed by atoms with Crippen LogP contribution in [-0.2, 0) is 9.53 Å². The number of methoxy groups -OCH3 is 1. The summed E-state index contributed by atoms with van der Waals surface area (Å²) in [5.74, 6) is -0.226. The number of rotatable bonds is 9. The highest BCUT2D eigenvalue weighted by molar-refractivity contribution is 9.10. The number of alkyl halides is 1. The van der Waals surface area contributed by atoms with Gasteiger partial charge < -0.3 is 15.0 Å². The molecule has 0 spiro atoms. The zero-order valence-electron chi connectivity index (χ0n) is 10.5. The van der Waals surface area contributed by atoms with Gasteiger partial charge in [0.15, 0.2) is 0 Å². The van der Waals surface area contributed by atoms with Gasteiger partial charge in [-0.05, 0) is 32.6 Å². The second-order valence-corrected chi connectivity index (χ2v) is 4.68. The van der Waals surface area contributed by atoms with Gasteiger partial charge in [0.25, 0.3) is 0 Å². The summed E-state index contributed by atoms with van der Waals surface area (Å²) in [5.41, 5.74) is 0. The molecule has 0 aromatic rings. The number of hydrogen-bond acceptors (Lipinski definition) is 4. The molecule has 0 saturated heterocycles. The zero-order valence-corrected chi connectivity index (χ0v) is 12.0. The monoisotopic (exact) mass is 294 g/mol. The van der Waals surface area contributed by atoms with Crippen molar-refractivity contribution in [2.45, 2.75) is 25.1 Å². The van der Waals surface area contributed by atoms with E-state index in [1.165, 1.54) is 7.11 Å².